The summed E-state index contributed by atoms with van der Waals surface area (Å²) in [5.41, 5.74) is 0. The van der Waals surface area contributed by atoms with Crippen LogP contribution in [0.1, 0.15) is 11.3 Å². The van der Waals surface area contributed by atoms with Crippen molar-refractivity contribution in [3.63, 3.8) is 0 Å². The van der Waals surface area contributed by atoms with Crippen LogP contribution in [0.25, 0.3) is 0 Å². The fraction of sp³-hybridized carbons (Fsp3) is 0.417. The molecule has 0 aliphatic carbocycles. The number of hydrogen-bond acceptors (Lipinski definition) is 5. The zero-order chi connectivity index (χ0) is 15.5. The largest absolute Gasteiger partial charge is 0.396 e. The second-order valence-corrected chi connectivity index (χ2v) is 8.33. The zero-order valence-electron chi connectivity index (χ0n) is 11.4. The Balaban J connectivity index is 2.11. The summed E-state index contributed by atoms with van der Waals surface area (Å²) in [6, 6.07) is 3.55. The summed E-state index contributed by atoms with van der Waals surface area (Å²) in [6.07, 6.45) is 3.33. The number of aryl methyl sites for hydroxylation is 1. The van der Waals surface area contributed by atoms with Gasteiger partial charge in [-0.1, -0.05) is 11.6 Å². The molecule has 0 aliphatic heterocycles. The molecule has 0 saturated carbocycles. The van der Waals surface area contributed by atoms with Crippen LogP contribution >= 0.6 is 22.9 Å². The molecule has 0 bridgehead atoms. The molecule has 0 aliphatic rings. The molecule has 0 unspecified atom stereocenters. The van der Waals surface area contributed by atoms with Gasteiger partial charge in [-0.25, -0.2) is 8.42 Å². The van der Waals surface area contributed by atoms with Crippen LogP contribution in [0.4, 0.5) is 0 Å². The Hall–Kier alpha value is -0.930. The van der Waals surface area contributed by atoms with Crippen molar-refractivity contribution in [3.8, 4) is 0 Å². The standard InChI is InChI=1S/C12H16ClN3O3S2/c1-15(8-10-3-4-12(13)20-10)21(18,19)11-7-14-16(9-11)5-2-6-17/h3-4,7,9,17H,2,5-6,8H2,1H3. The predicted molar refractivity (Wildman–Crippen MR) is 81.9 cm³/mol. The first-order valence-corrected chi connectivity index (χ1v) is 8.91. The topological polar surface area (TPSA) is 75.4 Å². The first kappa shape index (κ1) is 16.4. The summed E-state index contributed by atoms with van der Waals surface area (Å²) in [5, 5.41) is 12.8. The molecule has 21 heavy (non-hydrogen) atoms. The average molecular weight is 350 g/mol. The van der Waals surface area contributed by atoms with E-state index >= 15 is 0 Å². The highest BCUT2D eigenvalue weighted by atomic mass is 35.5. The van der Waals surface area contributed by atoms with E-state index in [-0.39, 0.29) is 18.0 Å². The average Bonchev–Trinajstić information content (AvgIpc) is 3.06. The van der Waals surface area contributed by atoms with Crippen molar-refractivity contribution in [2.75, 3.05) is 13.7 Å². The number of sulfonamides is 1. The molecule has 0 fully saturated rings. The van der Waals surface area contributed by atoms with E-state index in [9.17, 15) is 8.42 Å². The molecule has 2 aromatic heterocycles. The van der Waals surface area contributed by atoms with Crippen LogP contribution in [-0.2, 0) is 23.1 Å². The van der Waals surface area contributed by atoms with Gasteiger partial charge in [-0.3, -0.25) is 4.68 Å². The van der Waals surface area contributed by atoms with E-state index in [1.54, 1.807) is 6.07 Å². The van der Waals surface area contributed by atoms with Crippen molar-refractivity contribution in [1.82, 2.24) is 14.1 Å². The molecule has 0 spiro atoms. The second kappa shape index (κ2) is 6.89. The third-order valence-corrected chi connectivity index (χ3v) is 5.84. The lowest BCUT2D eigenvalue weighted by Gasteiger charge is -2.14. The van der Waals surface area contributed by atoms with E-state index in [0.717, 1.165) is 4.88 Å². The Morgan fingerprint density at radius 1 is 1.48 bits per heavy atom. The van der Waals surface area contributed by atoms with E-state index in [0.29, 0.717) is 17.3 Å². The van der Waals surface area contributed by atoms with Crippen molar-refractivity contribution in [2.24, 2.45) is 0 Å². The lowest BCUT2D eigenvalue weighted by atomic mass is 10.5. The number of nitrogens with zero attached hydrogens (tertiary/aromatic N) is 3. The maximum absolute atomic E-state index is 12.4. The molecular weight excluding hydrogens is 334 g/mol. The van der Waals surface area contributed by atoms with Crippen LogP contribution in [-0.4, -0.2) is 41.3 Å². The highest BCUT2D eigenvalue weighted by Crippen LogP contribution is 2.24. The number of hydrogen-bond donors (Lipinski definition) is 1. The third kappa shape index (κ3) is 4.04. The van der Waals surface area contributed by atoms with Gasteiger partial charge in [0.2, 0.25) is 10.0 Å². The number of rotatable bonds is 7. The van der Waals surface area contributed by atoms with Crippen LogP contribution in [0, 0.1) is 0 Å². The van der Waals surface area contributed by atoms with Gasteiger partial charge in [-0.05, 0) is 18.6 Å². The van der Waals surface area contributed by atoms with Gasteiger partial charge >= 0.3 is 0 Å². The minimum atomic E-state index is -3.58. The third-order valence-electron chi connectivity index (χ3n) is 2.87. The van der Waals surface area contributed by atoms with Crippen molar-refractivity contribution in [1.29, 1.82) is 0 Å². The van der Waals surface area contributed by atoms with Crippen molar-refractivity contribution in [3.05, 3.63) is 33.7 Å². The summed E-state index contributed by atoms with van der Waals surface area (Å²) < 4.78 is 28.3. The predicted octanol–water partition coefficient (Wildman–Crippen LogP) is 1.80. The normalized spacial score (nSPS) is 12.2. The molecule has 116 valence electrons. The fourth-order valence-electron chi connectivity index (χ4n) is 1.75. The van der Waals surface area contributed by atoms with Crippen molar-refractivity contribution >= 4 is 33.0 Å². The summed E-state index contributed by atoms with van der Waals surface area (Å²) in [5.74, 6) is 0. The SMILES string of the molecule is CN(Cc1ccc(Cl)s1)S(=O)(=O)c1cnn(CCCO)c1. The van der Waals surface area contributed by atoms with Crippen LogP contribution in [0.3, 0.4) is 0 Å². The monoisotopic (exact) mass is 349 g/mol. The molecule has 2 rings (SSSR count). The number of thiophene rings is 1. The first-order valence-electron chi connectivity index (χ1n) is 6.27. The van der Waals surface area contributed by atoms with E-state index in [1.807, 2.05) is 6.07 Å². The Morgan fingerprint density at radius 2 is 2.24 bits per heavy atom. The molecule has 0 amide bonds. The second-order valence-electron chi connectivity index (χ2n) is 4.48. The number of aliphatic hydroxyl groups excluding tert-OH is 1. The van der Waals surface area contributed by atoms with Crippen LogP contribution in [0.2, 0.25) is 4.34 Å². The minimum absolute atomic E-state index is 0.0426. The van der Waals surface area contributed by atoms with Gasteiger partial charge < -0.3 is 5.11 Å². The van der Waals surface area contributed by atoms with Crippen LogP contribution in [0.5, 0.6) is 0 Å². The van der Waals surface area contributed by atoms with Gasteiger partial charge in [0, 0.05) is 37.8 Å². The summed E-state index contributed by atoms with van der Waals surface area (Å²) in [6.45, 7) is 0.790. The molecule has 0 aromatic carbocycles. The molecule has 9 heteroatoms. The minimum Gasteiger partial charge on any atom is -0.396 e. The smallest absolute Gasteiger partial charge is 0.246 e. The van der Waals surface area contributed by atoms with Gasteiger partial charge in [0.05, 0.1) is 10.5 Å². The highest BCUT2D eigenvalue weighted by molar-refractivity contribution is 7.89. The Labute approximate surface area is 132 Å². The van der Waals surface area contributed by atoms with Gasteiger partial charge in [-0.15, -0.1) is 11.3 Å². The maximum atomic E-state index is 12.4. The quantitative estimate of drug-likeness (QED) is 0.827. The van der Waals surface area contributed by atoms with Crippen molar-refractivity contribution in [2.45, 2.75) is 24.4 Å². The summed E-state index contributed by atoms with van der Waals surface area (Å²) in [7, 11) is -2.06. The zero-order valence-corrected chi connectivity index (χ0v) is 13.8. The van der Waals surface area contributed by atoms with Crippen LogP contribution in [0.15, 0.2) is 29.4 Å². The molecule has 6 nitrogen and oxygen atoms in total. The van der Waals surface area contributed by atoms with Gasteiger partial charge in [0.1, 0.15) is 4.90 Å². The summed E-state index contributed by atoms with van der Waals surface area (Å²) >= 11 is 7.20. The Bertz CT molecular complexity index is 696. The molecule has 0 radical (unpaired) electrons. The molecule has 2 aromatic rings. The summed E-state index contributed by atoms with van der Waals surface area (Å²) in [4.78, 5) is 1.02. The van der Waals surface area contributed by atoms with E-state index in [4.69, 9.17) is 16.7 Å². The molecule has 0 saturated heterocycles. The van der Waals surface area contributed by atoms with E-state index in [2.05, 4.69) is 5.10 Å². The van der Waals surface area contributed by atoms with Crippen molar-refractivity contribution < 1.29 is 13.5 Å². The number of halogens is 1. The van der Waals surface area contributed by atoms with E-state index < -0.39 is 10.0 Å². The lowest BCUT2D eigenvalue weighted by Crippen LogP contribution is -2.25. The number of aliphatic hydroxyl groups is 1. The van der Waals surface area contributed by atoms with Gasteiger partial charge in [0.25, 0.3) is 0 Å². The number of aromatic nitrogens is 2. The molecule has 2 heterocycles. The maximum Gasteiger partial charge on any atom is 0.246 e. The Kier molecular flexibility index (Phi) is 5.39. The Morgan fingerprint density at radius 3 is 2.86 bits per heavy atom. The van der Waals surface area contributed by atoms with Crippen LogP contribution < -0.4 is 0 Å². The molecule has 1 N–H and O–H groups in total. The van der Waals surface area contributed by atoms with Gasteiger partial charge in [-0.2, -0.15) is 9.40 Å². The molecule has 0 atom stereocenters. The highest BCUT2D eigenvalue weighted by Gasteiger charge is 2.23. The van der Waals surface area contributed by atoms with E-state index in [1.165, 1.54) is 39.8 Å². The van der Waals surface area contributed by atoms with Gasteiger partial charge in [0.15, 0.2) is 0 Å². The first-order chi connectivity index (χ1) is 9.93. The molecular formula is C12H16ClN3O3S2. The fourth-order valence-corrected chi connectivity index (χ4v) is 4.08. The lowest BCUT2D eigenvalue weighted by molar-refractivity contribution is 0.277.